The van der Waals surface area contributed by atoms with Crippen molar-refractivity contribution >= 4 is 11.5 Å². The Morgan fingerprint density at radius 3 is 2.85 bits per heavy atom. The van der Waals surface area contributed by atoms with Gasteiger partial charge in [0, 0.05) is 35.8 Å². The van der Waals surface area contributed by atoms with Crippen LogP contribution in [0.1, 0.15) is 42.1 Å². The quantitative estimate of drug-likeness (QED) is 0.896. The summed E-state index contributed by atoms with van der Waals surface area (Å²) >= 11 is 0. The van der Waals surface area contributed by atoms with Crippen molar-refractivity contribution in [3.05, 3.63) is 23.0 Å². The lowest BCUT2D eigenvalue weighted by molar-refractivity contribution is 0.766. The van der Waals surface area contributed by atoms with E-state index in [0.29, 0.717) is 12.0 Å². The fourth-order valence-electron chi connectivity index (χ4n) is 2.94. The fraction of sp³-hybridized carbons (Fsp3) is 0.600. The van der Waals surface area contributed by atoms with Gasteiger partial charge in [0.05, 0.1) is 5.69 Å². The standard InChI is InChI=1S/C15H21N5/c1-9-10(2)17-14-7-13(11-3-4-11)19-20(14)15(9)18-12-5-6-16-8-12/h7,11-12,16,18H,3-6,8H2,1-2H3. The molecular formula is C15H21N5. The Bertz CT molecular complexity index is 650. The van der Waals surface area contributed by atoms with Crippen LogP contribution in [-0.2, 0) is 0 Å². The molecule has 1 aliphatic heterocycles. The number of nitrogens with one attached hydrogen (secondary N) is 2. The smallest absolute Gasteiger partial charge is 0.157 e. The van der Waals surface area contributed by atoms with Crippen LogP contribution in [0.3, 0.4) is 0 Å². The first-order valence-corrected chi connectivity index (χ1v) is 7.56. The first-order chi connectivity index (χ1) is 9.72. The highest BCUT2D eigenvalue weighted by Crippen LogP contribution is 2.39. The van der Waals surface area contributed by atoms with E-state index in [9.17, 15) is 0 Å². The van der Waals surface area contributed by atoms with E-state index >= 15 is 0 Å². The Labute approximate surface area is 118 Å². The van der Waals surface area contributed by atoms with Gasteiger partial charge in [0.15, 0.2) is 5.65 Å². The number of nitrogens with zero attached hydrogens (tertiary/aromatic N) is 3. The van der Waals surface area contributed by atoms with Gasteiger partial charge in [0.2, 0.25) is 0 Å². The summed E-state index contributed by atoms with van der Waals surface area (Å²) in [5.74, 6) is 1.78. The molecule has 2 fully saturated rings. The van der Waals surface area contributed by atoms with Crippen molar-refractivity contribution in [3.63, 3.8) is 0 Å². The predicted octanol–water partition coefficient (Wildman–Crippen LogP) is 2.00. The topological polar surface area (TPSA) is 54.2 Å². The zero-order chi connectivity index (χ0) is 13.7. The molecular weight excluding hydrogens is 250 g/mol. The average molecular weight is 271 g/mol. The van der Waals surface area contributed by atoms with Gasteiger partial charge in [-0.2, -0.15) is 9.61 Å². The van der Waals surface area contributed by atoms with E-state index in [4.69, 9.17) is 5.10 Å². The van der Waals surface area contributed by atoms with Crippen molar-refractivity contribution in [2.45, 2.75) is 45.1 Å². The monoisotopic (exact) mass is 271 g/mol. The summed E-state index contributed by atoms with van der Waals surface area (Å²) in [6.45, 7) is 6.33. The Morgan fingerprint density at radius 1 is 1.30 bits per heavy atom. The van der Waals surface area contributed by atoms with Crippen LogP contribution >= 0.6 is 0 Å². The van der Waals surface area contributed by atoms with Gasteiger partial charge in [-0.05, 0) is 39.7 Å². The van der Waals surface area contributed by atoms with E-state index in [1.807, 2.05) is 4.52 Å². The zero-order valence-electron chi connectivity index (χ0n) is 12.1. The van der Waals surface area contributed by atoms with E-state index in [1.165, 1.54) is 30.5 Å². The van der Waals surface area contributed by atoms with Crippen LogP contribution in [0.2, 0.25) is 0 Å². The lowest BCUT2D eigenvalue weighted by Crippen LogP contribution is -2.24. The molecule has 2 N–H and O–H groups in total. The first kappa shape index (κ1) is 12.1. The minimum atomic E-state index is 0.493. The molecule has 2 aromatic rings. The third-order valence-electron chi connectivity index (χ3n) is 4.50. The molecule has 1 unspecified atom stereocenters. The normalized spacial score (nSPS) is 22.6. The molecule has 1 aliphatic carbocycles. The summed E-state index contributed by atoms with van der Waals surface area (Å²) in [6, 6.07) is 2.65. The Hall–Kier alpha value is -1.62. The fourth-order valence-corrected chi connectivity index (χ4v) is 2.94. The summed E-state index contributed by atoms with van der Waals surface area (Å²) in [4.78, 5) is 4.69. The molecule has 1 atom stereocenters. The van der Waals surface area contributed by atoms with Crippen molar-refractivity contribution in [1.29, 1.82) is 0 Å². The first-order valence-electron chi connectivity index (χ1n) is 7.56. The molecule has 20 heavy (non-hydrogen) atoms. The highest BCUT2D eigenvalue weighted by molar-refractivity contribution is 5.56. The van der Waals surface area contributed by atoms with Crippen LogP contribution < -0.4 is 10.6 Å². The van der Waals surface area contributed by atoms with Crippen LogP contribution in [-0.4, -0.2) is 33.7 Å². The number of aryl methyl sites for hydroxylation is 1. The predicted molar refractivity (Wildman–Crippen MR) is 79.3 cm³/mol. The highest BCUT2D eigenvalue weighted by Gasteiger charge is 2.27. The Morgan fingerprint density at radius 2 is 2.15 bits per heavy atom. The average Bonchev–Trinajstić information content (AvgIpc) is 2.99. The number of aromatic nitrogens is 3. The van der Waals surface area contributed by atoms with Crippen LogP contribution in [0, 0.1) is 13.8 Å². The third-order valence-corrected chi connectivity index (χ3v) is 4.50. The summed E-state index contributed by atoms with van der Waals surface area (Å²) in [5.41, 5.74) is 4.47. The van der Waals surface area contributed by atoms with E-state index in [1.54, 1.807) is 0 Å². The molecule has 0 aromatic carbocycles. The van der Waals surface area contributed by atoms with E-state index in [-0.39, 0.29) is 0 Å². The highest BCUT2D eigenvalue weighted by atomic mass is 15.3. The summed E-state index contributed by atoms with van der Waals surface area (Å²) in [6.07, 6.45) is 3.72. The number of anilines is 1. The van der Waals surface area contributed by atoms with Gasteiger partial charge in [-0.1, -0.05) is 0 Å². The minimum Gasteiger partial charge on any atom is -0.366 e. The van der Waals surface area contributed by atoms with Crippen LogP contribution in [0.5, 0.6) is 0 Å². The summed E-state index contributed by atoms with van der Waals surface area (Å²) in [5, 5.41) is 11.9. The molecule has 5 nitrogen and oxygen atoms in total. The van der Waals surface area contributed by atoms with Crippen molar-refractivity contribution in [1.82, 2.24) is 19.9 Å². The molecule has 0 spiro atoms. The number of hydrogen-bond donors (Lipinski definition) is 2. The lowest BCUT2D eigenvalue weighted by Gasteiger charge is -2.17. The molecule has 0 bridgehead atoms. The maximum absolute atomic E-state index is 4.79. The molecule has 2 aromatic heterocycles. The molecule has 5 heteroatoms. The van der Waals surface area contributed by atoms with Gasteiger partial charge in [-0.25, -0.2) is 4.98 Å². The molecule has 4 rings (SSSR count). The zero-order valence-corrected chi connectivity index (χ0v) is 12.1. The van der Waals surface area contributed by atoms with Gasteiger partial charge in [-0.15, -0.1) is 0 Å². The molecule has 106 valence electrons. The third kappa shape index (κ3) is 1.97. The van der Waals surface area contributed by atoms with Crippen molar-refractivity contribution in [2.24, 2.45) is 0 Å². The van der Waals surface area contributed by atoms with E-state index < -0.39 is 0 Å². The lowest BCUT2D eigenvalue weighted by atomic mass is 10.2. The van der Waals surface area contributed by atoms with Crippen molar-refractivity contribution in [3.8, 4) is 0 Å². The molecule has 1 saturated carbocycles. The maximum atomic E-state index is 4.79. The summed E-state index contributed by atoms with van der Waals surface area (Å²) < 4.78 is 2.01. The van der Waals surface area contributed by atoms with Crippen molar-refractivity contribution < 1.29 is 0 Å². The molecule has 3 heterocycles. The summed E-state index contributed by atoms with van der Waals surface area (Å²) in [7, 11) is 0. The SMILES string of the molecule is Cc1nc2cc(C3CC3)nn2c(NC2CCNC2)c1C. The minimum absolute atomic E-state index is 0.493. The van der Waals surface area contributed by atoms with Gasteiger partial charge in [-0.3, -0.25) is 0 Å². The Kier molecular flexibility index (Phi) is 2.70. The largest absolute Gasteiger partial charge is 0.366 e. The van der Waals surface area contributed by atoms with Crippen LogP contribution in [0.25, 0.3) is 5.65 Å². The maximum Gasteiger partial charge on any atom is 0.157 e. The second-order valence-corrected chi connectivity index (χ2v) is 6.12. The Balaban J connectivity index is 1.80. The molecule has 0 amide bonds. The number of fused-ring (bicyclic) bond motifs is 1. The number of hydrogen-bond acceptors (Lipinski definition) is 4. The molecule has 0 radical (unpaired) electrons. The van der Waals surface area contributed by atoms with Crippen molar-refractivity contribution in [2.75, 3.05) is 18.4 Å². The molecule has 1 saturated heterocycles. The van der Waals surface area contributed by atoms with Crippen LogP contribution in [0.4, 0.5) is 5.82 Å². The van der Waals surface area contributed by atoms with Gasteiger partial charge >= 0.3 is 0 Å². The second-order valence-electron chi connectivity index (χ2n) is 6.12. The van der Waals surface area contributed by atoms with Gasteiger partial charge < -0.3 is 10.6 Å². The van der Waals surface area contributed by atoms with E-state index in [2.05, 4.69) is 35.5 Å². The number of rotatable bonds is 3. The second kappa shape index (κ2) is 4.45. The van der Waals surface area contributed by atoms with E-state index in [0.717, 1.165) is 30.2 Å². The molecule has 2 aliphatic rings. The van der Waals surface area contributed by atoms with Crippen LogP contribution in [0.15, 0.2) is 6.07 Å². The van der Waals surface area contributed by atoms with Gasteiger partial charge in [0.25, 0.3) is 0 Å². The van der Waals surface area contributed by atoms with Gasteiger partial charge in [0.1, 0.15) is 5.82 Å².